The molecular weight excluding hydrogens is 270 g/mol. The van der Waals surface area contributed by atoms with Gasteiger partial charge in [-0.25, -0.2) is 4.79 Å². The first-order chi connectivity index (χ1) is 9.61. The molecule has 20 heavy (non-hydrogen) atoms. The van der Waals surface area contributed by atoms with E-state index >= 15 is 0 Å². The lowest BCUT2D eigenvalue weighted by atomic mass is 10.0. The van der Waals surface area contributed by atoms with Crippen LogP contribution < -0.4 is 5.32 Å². The van der Waals surface area contributed by atoms with Crippen molar-refractivity contribution in [1.29, 1.82) is 0 Å². The van der Waals surface area contributed by atoms with Gasteiger partial charge in [0.05, 0.1) is 0 Å². The van der Waals surface area contributed by atoms with Gasteiger partial charge in [0.2, 0.25) is 0 Å². The van der Waals surface area contributed by atoms with Gasteiger partial charge in [-0.3, -0.25) is 0 Å². The number of nitrogens with one attached hydrogen (secondary N) is 1. The van der Waals surface area contributed by atoms with E-state index in [4.69, 9.17) is 5.11 Å². The largest absolute Gasteiger partial charge is 0.477 e. The Bertz CT molecular complexity index is 574. The number of hydrogen-bond donors (Lipinski definition) is 2. The summed E-state index contributed by atoms with van der Waals surface area (Å²) in [6.45, 7) is 4.80. The second-order valence-corrected chi connectivity index (χ2v) is 5.69. The molecule has 0 aliphatic carbocycles. The van der Waals surface area contributed by atoms with Gasteiger partial charge < -0.3 is 10.4 Å². The van der Waals surface area contributed by atoms with Crippen LogP contribution in [-0.2, 0) is 13.0 Å². The van der Waals surface area contributed by atoms with Gasteiger partial charge in [0.1, 0.15) is 4.88 Å². The third-order valence-corrected chi connectivity index (χ3v) is 4.37. The minimum absolute atomic E-state index is 0.197. The summed E-state index contributed by atoms with van der Waals surface area (Å²) >= 11 is 1.27. The van der Waals surface area contributed by atoms with E-state index in [0.717, 1.165) is 12.0 Å². The number of rotatable bonds is 6. The zero-order valence-electron chi connectivity index (χ0n) is 11.7. The summed E-state index contributed by atoms with van der Waals surface area (Å²) in [6, 6.07) is 10.6. The molecule has 0 radical (unpaired) electrons. The van der Waals surface area contributed by atoms with E-state index in [9.17, 15) is 4.79 Å². The smallest absolute Gasteiger partial charge is 0.346 e. The summed E-state index contributed by atoms with van der Waals surface area (Å²) in [4.78, 5) is 11.5. The van der Waals surface area contributed by atoms with Crippen molar-refractivity contribution in [2.75, 3.05) is 0 Å². The molecule has 2 N–H and O–H groups in total. The Morgan fingerprint density at radius 1 is 1.30 bits per heavy atom. The molecule has 3 nitrogen and oxygen atoms in total. The summed E-state index contributed by atoms with van der Waals surface area (Å²) in [5, 5.41) is 14.3. The standard InChI is InChI=1S/C16H19NO2S/c1-3-12-4-6-13(7-5-12)11(2)17-10-14-8-9-20-15(14)16(18)19/h4-9,11,17H,3,10H2,1-2H3,(H,18,19). The fraction of sp³-hybridized carbons (Fsp3) is 0.312. The SMILES string of the molecule is CCc1ccc(C(C)NCc2ccsc2C(=O)O)cc1. The molecule has 1 atom stereocenters. The second-order valence-electron chi connectivity index (χ2n) is 4.78. The Hall–Kier alpha value is -1.65. The molecule has 1 aromatic carbocycles. The number of thiophene rings is 1. The Balaban J connectivity index is 1.99. The number of hydrogen-bond acceptors (Lipinski definition) is 3. The summed E-state index contributed by atoms with van der Waals surface area (Å²) in [6.07, 6.45) is 1.04. The molecular formula is C16H19NO2S. The Kier molecular flexibility index (Phi) is 4.93. The number of aromatic carboxylic acids is 1. The predicted octanol–water partition coefficient (Wildman–Crippen LogP) is 3.86. The van der Waals surface area contributed by atoms with E-state index in [2.05, 4.69) is 43.4 Å². The molecule has 0 bridgehead atoms. The maximum Gasteiger partial charge on any atom is 0.346 e. The van der Waals surface area contributed by atoms with Crippen LogP contribution in [0.3, 0.4) is 0 Å². The van der Waals surface area contributed by atoms with Crippen molar-refractivity contribution in [3.05, 3.63) is 57.3 Å². The second kappa shape index (κ2) is 6.68. The molecule has 0 fully saturated rings. The van der Waals surface area contributed by atoms with Gasteiger partial charge in [0.25, 0.3) is 0 Å². The van der Waals surface area contributed by atoms with Gasteiger partial charge >= 0.3 is 5.97 Å². The lowest BCUT2D eigenvalue weighted by Gasteiger charge is -2.14. The average molecular weight is 289 g/mol. The monoisotopic (exact) mass is 289 g/mol. The van der Waals surface area contributed by atoms with Gasteiger partial charge in [-0.15, -0.1) is 11.3 Å². The summed E-state index contributed by atoms with van der Waals surface area (Å²) in [5.41, 5.74) is 3.39. The molecule has 2 aromatic rings. The van der Waals surface area contributed by atoms with Crippen LogP contribution in [0.4, 0.5) is 0 Å². The number of carboxylic acids is 1. The van der Waals surface area contributed by atoms with E-state index in [0.29, 0.717) is 11.4 Å². The van der Waals surface area contributed by atoms with E-state index in [-0.39, 0.29) is 6.04 Å². The van der Waals surface area contributed by atoms with Crippen molar-refractivity contribution < 1.29 is 9.90 Å². The van der Waals surface area contributed by atoms with Crippen molar-refractivity contribution >= 4 is 17.3 Å². The highest BCUT2D eigenvalue weighted by Crippen LogP contribution is 2.19. The zero-order valence-corrected chi connectivity index (χ0v) is 12.5. The van der Waals surface area contributed by atoms with Gasteiger partial charge in [-0.05, 0) is 41.5 Å². The van der Waals surface area contributed by atoms with Crippen LogP contribution in [0.25, 0.3) is 0 Å². The lowest BCUT2D eigenvalue weighted by Crippen LogP contribution is -2.19. The molecule has 106 valence electrons. The maximum absolute atomic E-state index is 11.1. The van der Waals surface area contributed by atoms with Crippen molar-refractivity contribution in [3.8, 4) is 0 Å². The number of benzene rings is 1. The van der Waals surface area contributed by atoms with Crippen LogP contribution in [0.15, 0.2) is 35.7 Å². The van der Waals surface area contributed by atoms with Crippen LogP contribution >= 0.6 is 11.3 Å². The summed E-state index contributed by atoms with van der Waals surface area (Å²) in [5.74, 6) is -0.850. The fourth-order valence-electron chi connectivity index (χ4n) is 2.09. The zero-order chi connectivity index (χ0) is 14.5. The quantitative estimate of drug-likeness (QED) is 0.849. The molecule has 0 saturated carbocycles. The lowest BCUT2D eigenvalue weighted by molar-refractivity contribution is 0.0701. The van der Waals surface area contributed by atoms with Crippen molar-refractivity contribution in [1.82, 2.24) is 5.32 Å². The Morgan fingerprint density at radius 3 is 2.60 bits per heavy atom. The Labute approximate surface area is 123 Å². The fourth-order valence-corrected chi connectivity index (χ4v) is 2.85. The van der Waals surface area contributed by atoms with E-state index < -0.39 is 5.97 Å². The molecule has 2 rings (SSSR count). The minimum Gasteiger partial charge on any atom is -0.477 e. The van der Waals surface area contributed by atoms with Gasteiger partial charge in [0, 0.05) is 12.6 Å². The van der Waals surface area contributed by atoms with Crippen molar-refractivity contribution in [2.24, 2.45) is 0 Å². The highest BCUT2D eigenvalue weighted by Gasteiger charge is 2.12. The van der Waals surface area contributed by atoms with Gasteiger partial charge in [0.15, 0.2) is 0 Å². The first-order valence-electron chi connectivity index (χ1n) is 6.73. The molecule has 0 aliphatic heterocycles. The summed E-state index contributed by atoms with van der Waals surface area (Å²) < 4.78 is 0. The van der Waals surface area contributed by atoms with Crippen LogP contribution in [-0.4, -0.2) is 11.1 Å². The third kappa shape index (κ3) is 3.46. The molecule has 4 heteroatoms. The van der Waals surface area contributed by atoms with Crippen LogP contribution in [0.5, 0.6) is 0 Å². The Morgan fingerprint density at radius 2 is 2.00 bits per heavy atom. The number of carbonyl (C=O) groups is 1. The van der Waals surface area contributed by atoms with Crippen molar-refractivity contribution in [2.45, 2.75) is 32.9 Å². The molecule has 1 aromatic heterocycles. The van der Waals surface area contributed by atoms with Gasteiger partial charge in [-0.1, -0.05) is 31.2 Å². The van der Waals surface area contributed by atoms with Crippen LogP contribution in [0.1, 0.15) is 46.3 Å². The van der Waals surface area contributed by atoms with E-state index in [1.165, 1.54) is 22.5 Å². The highest BCUT2D eigenvalue weighted by molar-refractivity contribution is 7.12. The topological polar surface area (TPSA) is 49.3 Å². The predicted molar refractivity (Wildman–Crippen MR) is 82.4 cm³/mol. The van der Waals surface area contributed by atoms with E-state index in [1.807, 2.05) is 11.4 Å². The first-order valence-corrected chi connectivity index (χ1v) is 7.61. The highest BCUT2D eigenvalue weighted by atomic mass is 32.1. The molecule has 0 spiro atoms. The number of aryl methyl sites for hydroxylation is 1. The summed E-state index contributed by atoms with van der Waals surface area (Å²) in [7, 11) is 0. The molecule has 0 amide bonds. The van der Waals surface area contributed by atoms with Gasteiger partial charge in [-0.2, -0.15) is 0 Å². The normalized spacial score (nSPS) is 12.3. The molecule has 0 aliphatic rings. The molecule has 1 heterocycles. The van der Waals surface area contributed by atoms with Crippen molar-refractivity contribution in [3.63, 3.8) is 0 Å². The number of carboxylic acid groups (broad SMARTS) is 1. The van der Waals surface area contributed by atoms with Crippen LogP contribution in [0, 0.1) is 0 Å². The van der Waals surface area contributed by atoms with E-state index in [1.54, 1.807) is 0 Å². The molecule has 0 saturated heterocycles. The van der Waals surface area contributed by atoms with Crippen LogP contribution in [0.2, 0.25) is 0 Å². The molecule has 1 unspecified atom stereocenters. The minimum atomic E-state index is -0.850. The average Bonchev–Trinajstić information content (AvgIpc) is 2.93. The third-order valence-electron chi connectivity index (χ3n) is 3.43. The maximum atomic E-state index is 11.1. The first kappa shape index (κ1) is 14.8.